The van der Waals surface area contributed by atoms with Crippen LogP contribution in [0.5, 0.6) is 0 Å². The molecule has 132 valence electrons. The molecule has 3 fully saturated rings. The molecule has 5 nitrogen and oxygen atoms in total. The molecule has 0 bridgehead atoms. The smallest absolute Gasteiger partial charge is 0.255 e. The molecule has 2 aliphatic heterocycles. The molecule has 5 heteroatoms. The average molecular weight is 331 g/mol. The average Bonchev–Trinajstić information content (AvgIpc) is 3.26. The molecule has 1 saturated carbocycles. The van der Waals surface area contributed by atoms with Gasteiger partial charge in [0.1, 0.15) is 0 Å². The summed E-state index contributed by atoms with van der Waals surface area (Å²) in [6.07, 6.45) is 2.51. The summed E-state index contributed by atoms with van der Waals surface area (Å²) >= 11 is 0. The van der Waals surface area contributed by atoms with Crippen molar-refractivity contribution in [3.63, 3.8) is 0 Å². The number of rotatable bonds is 3. The molecule has 0 spiro atoms. The van der Waals surface area contributed by atoms with Crippen LogP contribution in [0.2, 0.25) is 0 Å². The van der Waals surface area contributed by atoms with E-state index < -0.39 is 0 Å². The highest BCUT2D eigenvalue weighted by Crippen LogP contribution is 2.38. The fourth-order valence-corrected chi connectivity index (χ4v) is 4.56. The number of carbonyl (C=O) groups excluding carboxylic acids is 1. The first-order chi connectivity index (χ1) is 11.6. The number of aryl methyl sites for hydroxylation is 1. The number of aromatic nitrogens is 1. The van der Waals surface area contributed by atoms with Gasteiger partial charge in [0, 0.05) is 49.7 Å². The molecule has 3 aliphatic rings. The third-order valence-corrected chi connectivity index (χ3v) is 6.00. The summed E-state index contributed by atoms with van der Waals surface area (Å²) in [6, 6.07) is 3.21. The van der Waals surface area contributed by atoms with Gasteiger partial charge in [-0.1, -0.05) is 6.92 Å². The predicted octanol–water partition coefficient (Wildman–Crippen LogP) is 2.23. The van der Waals surface area contributed by atoms with E-state index in [1.807, 2.05) is 0 Å². The number of morpholine rings is 1. The molecular weight excluding hydrogens is 302 g/mol. The zero-order chi connectivity index (χ0) is 16.8. The SMILES string of the molecule is Cc1cc(C(=O)N2C[C@@H](C)[C@@H](N3CCOCC3)C2)c(C)n1C1CC1. The first-order valence-corrected chi connectivity index (χ1v) is 9.35. The third kappa shape index (κ3) is 2.78. The van der Waals surface area contributed by atoms with Crippen molar-refractivity contribution in [1.82, 2.24) is 14.4 Å². The van der Waals surface area contributed by atoms with Crippen LogP contribution in [0, 0.1) is 19.8 Å². The summed E-state index contributed by atoms with van der Waals surface area (Å²) in [5.41, 5.74) is 3.30. The number of hydrogen-bond acceptors (Lipinski definition) is 3. The van der Waals surface area contributed by atoms with E-state index in [1.165, 1.54) is 18.5 Å². The molecule has 0 aromatic carbocycles. The van der Waals surface area contributed by atoms with Gasteiger partial charge in [0.25, 0.3) is 5.91 Å². The van der Waals surface area contributed by atoms with E-state index in [2.05, 4.69) is 41.2 Å². The Balaban J connectivity index is 1.50. The van der Waals surface area contributed by atoms with Crippen molar-refractivity contribution in [3.8, 4) is 0 Å². The molecule has 0 radical (unpaired) electrons. The molecule has 4 rings (SSSR count). The summed E-state index contributed by atoms with van der Waals surface area (Å²) in [7, 11) is 0. The Morgan fingerprint density at radius 1 is 1.17 bits per heavy atom. The Bertz CT molecular complexity index is 629. The minimum atomic E-state index is 0.220. The van der Waals surface area contributed by atoms with Gasteiger partial charge in [-0.3, -0.25) is 9.69 Å². The summed E-state index contributed by atoms with van der Waals surface area (Å²) in [5, 5.41) is 0. The van der Waals surface area contributed by atoms with Crippen LogP contribution in [-0.2, 0) is 4.74 Å². The molecular formula is C19H29N3O2. The molecule has 24 heavy (non-hydrogen) atoms. The van der Waals surface area contributed by atoms with Crippen LogP contribution >= 0.6 is 0 Å². The van der Waals surface area contributed by atoms with Crippen molar-refractivity contribution in [3.05, 3.63) is 23.0 Å². The van der Waals surface area contributed by atoms with E-state index in [0.29, 0.717) is 18.0 Å². The molecule has 2 saturated heterocycles. The fraction of sp³-hybridized carbons (Fsp3) is 0.737. The van der Waals surface area contributed by atoms with Gasteiger partial charge in [-0.05, 0) is 38.7 Å². The second-order valence-corrected chi connectivity index (χ2v) is 7.79. The number of hydrogen-bond donors (Lipinski definition) is 0. The molecule has 1 aliphatic carbocycles. The second-order valence-electron chi connectivity index (χ2n) is 7.79. The van der Waals surface area contributed by atoms with Crippen LogP contribution in [0.4, 0.5) is 0 Å². The zero-order valence-electron chi connectivity index (χ0n) is 15.1. The molecule has 0 N–H and O–H groups in total. The highest BCUT2D eigenvalue weighted by molar-refractivity contribution is 5.96. The van der Waals surface area contributed by atoms with Gasteiger partial charge in [-0.2, -0.15) is 0 Å². The summed E-state index contributed by atoms with van der Waals surface area (Å²) in [4.78, 5) is 17.7. The van der Waals surface area contributed by atoms with Gasteiger partial charge in [0.2, 0.25) is 0 Å². The van der Waals surface area contributed by atoms with Crippen LogP contribution in [0.25, 0.3) is 0 Å². The van der Waals surface area contributed by atoms with E-state index in [4.69, 9.17) is 4.74 Å². The number of likely N-dealkylation sites (tertiary alicyclic amines) is 1. The van der Waals surface area contributed by atoms with Gasteiger partial charge in [-0.25, -0.2) is 0 Å². The Kier molecular flexibility index (Phi) is 4.17. The van der Waals surface area contributed by atoms with E-state index in [1.54, 1.807) is 0 Å². The maximum atomic E-state index is 13.1. The van der Waals surface area contributed by atoms with Gasteiger partial charge in [0.05, 0.1) is 18.8 Å². The minimum Gasteiger partial charge on any atom is -0.379 e. The normalized spacial score (nSPS) is 28.5. The van der Waals surface area contributed by atoms with E-state index >= 15 is 0 Å². The summed E-state index contributed by atoms with van der Waals surface area (Å²) < 4.78 is 7.84. The van der Waals surface area contributed by atoms with Crippen molar-refractivity contribution in [2.45, 2.75) is 45.7 Å². The Morgan fingerprint density at radius 2 is 1.88 bits per heavy atom. The van der Waals surface area contributed by atoms with Gasteiger partial charge < -0.3 is 14.2 Å². The van der Waals surface area contributed by atoms with Crippen molar-refractivity contribution in [2.24, 2.45) is 5.92 Å². The topological polar surface area (TPSA) is 37.7 Å². The Hall–Kier alpha value is -1.33. The van der Waals surface area contributed by atoms with Crippen molar-refractivity contribution >= 4 is 5.91 Å². The van der Waals surface area contributed by atoms with Crippen LogP contribution in [-0.4, -0.2) is 65.7 Å². The lowest BCUT2D eigenvalue weighted by Crippen LogP contribution is -2.47. The zero-order valence-corrected chi connectivity index (χ0v) is 15.1. The van der Waals surface area contributed by atoms with Gasteiger partial charge in [-0.15, -0.1) is 0 Å². The molecule has 3 heterocycles. The minimum absolute atomic E-state index is 0.220. The van der Waals surface area contributed by atoms with Crippen LogP contribution in [0.3, 0.4) is 0 Å². The van der Waals surface area contributed by atoms with Crippen LogP contribution in [0.15, 0.2) is 6.07 Å². The number of carbonyl (C=O) groups is 1. The number of nitrogens with zero attached hydrogens (tertiary/aromatic N) is 3. The highest BCUT2D eigenvalue weighted by Gasteiger charge is 2.38. The molecule has 1 aromatic rings. The Morgan fingerprint density at radius 3 is 2.54 bits per heavy atom. The quantitative estimate of drug-likeness (QED) is 0.852. The third-order valence-electron chi connectivity index (χ3n) is 6.00. The Labute approximate surface area is 144 Å². The van der Waals surface area contributed by atoms with Crippen LogP contribution < -0.4 is 0 Å². The van der Waals surface area contributed by atoms with E-state index in [-0.39, 0.29) is 5.91 Å². The number of amides is 1. The summed E-state index contributed by atoms with van der Waals surface area (Å²) in [6.45, 7) is 11.9. The molecule has 0 unspecified atom stereocenters. The standard InChI is InChI=1S/C19H29N3O2/c1-13-11-21(12-18(13)20-6-8-24-9-7-20)19(23)17-10-14(2)22(15(17)3)16-4-5-16/h10,13,16,18H,4-9,11-12H2,1-3H3/t13-,18+/m1/s1. The lowest BCUT2D eigenvalue weighted by Gasteiger charge is -2.33. The second kappa shape index (κ2) is 6.19. The summed E-state index contributed by atoms with van der Waals surface area (Å²) in [5.74, 6) is 0.747. The fourth-order valence-electron chi connectivity index (χ4n) is 4.56. The lowest BCUT2D eigenvalue weighted by atomic mass is 10.0. The number of ether oxygens (including phenoxy) is 1. The lowest BCUT2D eigenvalue weighted by molar-refractivity contribution is 0.0119. The maximum Gasteiger partial charge on any atom is 0.255 e. The van der Waals surface area contributed by atoms with Crippen LogP contribution in [0.1, 0.15) is 47.6 Å². The van der Waals surface area contributed by atoms with Gasteiger partial charge >= 0.3 is 0 Å². The molecule has 1 amide bonds. The van der Waals surface area contributed by atoms with E-state index in [9.17, 15) is 4.79 Å². The van der Waals surface area contributed by atoms with Gasteiger partial charge in [0.15, 0.2) is 0 Å². The predicted molar refractivity (Wildman–Crippen MR) is 93.4 cm³/mol. The van der Waals surface area contributed by atoms with Crippen molar-refractivity contribution in [2.75, 3.05) is 39.4 Å². The van der Waals surface area contributed by atoms with Crippen molar-refractivity contribution < 1.29 is 9.53 Å². The highest BCUT2D eigenvalue weighted by atomic mass is 16.5. The van der Waals surface area contributed by atoms with Crippen molar-refractivity contribution in [1.29, 1.82) is 0 Å². The first-order valence-electron chi connectivity index (χ1n) is 9.35. The van der Waals surface area contributed by atoms with E-state index in [0.717, 1.165) is 50.7 Å². The first kappa shape index (κ1) is 16.2. The molecule has 2 atom stereocenters. The molecule has 1 aromatic heterocycles. The maximum absolute atomic E-state index is 13.1. The monoisotopic (exact) mass is 331 g/mol. The largest absolute Gasteiger partial charge is 0.379 e.